The van der Waals surface area contributed by atoms with E-state index in [1.807, 2.05) is 0 Å². The van der Waals surface area contributed by atoms with Gasteiger partial charge in [0.2, 0.25) is 0 Å². The van der Waals surface area contributed by atoms with Crippen molar-refractivity contribution < 1.29 is 0 Å². The van der Waals surface area contributed by atoms with Crippen LogP contribution in [-0.4, -0.2) is 4.57 Å². The zero-order chi connectivity index (χ0) is 36.3. The Morgan fingerprint density at radius 3 is 1.58 bits per heavy atom. The molecule has 9 aromatic carbocycles. The number of benzene rings is 9. The van der Waals surface area contributed by atoms with Crippen LogP contribution >= 0.6 is 0 Å². The topological polar surface area (TPSA) is 8.17 Å². The SMILES string of the molecule is c1ccc(N(c2ccc3ccccc3c2)c2ccc3c(c2)c2cc(C4(c5ccccc5)c5ccccc5-c5ccccc54)ccc2n3-c2ccccc2)cc1. The standard InChI is InChI=1S/C53H36N2/c1-4-18-39(19-5-1)53(49-26-14-12-24-45(49)46-25-13-15-27-50(46)53)40-29-32-51-47(35-40)48-36-44(31-33-52(48)55(51)42-22-8-3-9-23-42)54(41-20-6-2-7-21-41)43-30-28-37-16-10-11-17-38(37)34-43/h1-36H. The zero-order valence-corrected chi connectivity index (χ0v) is 30.2. The number of anilines is 3. The van der Waals surface area contributed by atoms with Gasteiger partial charge in [-0.2, -0.15) is 0 Å². The average Bonchev–Trinajstić information content (AvgIpc) is 3.75. The first-order chi connectivity index (χ1) is 27.3. The van der Waals surface area contributed by atoms with Crippen LogP contribution in [0.15, 0.2) is 218 Å². The van der Waals surface area contributed by atoms with Gasteiger partial charge in [0.05, 0.1) is 16.4 Å². The van der Waals surface area contributed by atoms with E-state index in [2.05, 4.69) is 228 Å². The quantitative estimate of drug-likeness (QED) is 0.168. The summed E-state index contributed by atoms with van der Waals surface area (Å²) in [5.74, 6) is 0. The van der Waals surface area contributed by atoms with Crippen molar-refractivity contribution in [3.8, 4) is 16.8 Å². The van der Waals surface area contributed by atoms with Gasteiger partial charge >= 0.3 is 0 Å². The van der Waals surface area contributed by atoms with E-state index in [0.29, 0.717) is 0 Å². The van der Waals surface area contributed by atoms with Gasteiger partial charge in [0, 0.05) is 33.5 Å². The summed E-state index contributed by atoms with van der Waals surface area (Å²) < 4.78 is 2.42. The van der Waals surface area contributed by atoms with Crippen molar-refractivity contribution in [3.05, 3.63) is 241 Å². The van der Waals surface area contributed by atoms with Crippen molar-refractivity contribution in [2.24, 2.45) is 0 Å². The first-order valence-electron chi connectivity index (χ1n) is 19.0. The number of aromatic nitrogens is 1. The zero-order valence-electron chi connectivity index (χ0n) is 30.2. The monoisotopic (exact) mass is 700 g/mol. The predicted molar refractivity (Wildman–Crippen MR) is 230 cm³/mol. The van der Waals surface area contributed by atoms with Gasteiger partial charge in [-0.3, -0.25) is 0 Å². The Bertz CT molecular complexity index is 2990. The molecule has 0 fully saturated rings. The molecule has 1 heterocycles. The van der Waals surface area contributed by atoms with Crippen molar-refractivity contribution in [2.45, 2.75) is 5.41 Å². The summed E-state index contributed by atoms with van der Waals surface area (Å²) in [5, 5.41) is 4.89. The van der Waals surface area contributed by atoms with Gasteiger partial charge in [-0.25, -0.2) is 0 Å². The van der Waals surface area contributed by atoms with Gasteiger partial charge in [-0.15, -0.1) is 0 Å². The maximum Gasteiger partial charge on any atom is 0.0713 e. The molecular weight excluding hydrogens is 665 g/mol. The van der Waals surface area contributed by atoms with Crippen LogP contribution in [-0.2, 0) is 5.41 Å². The fraction of sp³-hybridized carbons (Fsp3) is 0.0189. The molecule has 0 radical (unpaired) electrons. The lowest BCUT2D eigenvalue weighted by atomic mass is 9.67. The molecule has 0 unspecified atom stereocenters. The van der Waals surface area contributed by atoms with Crippen LogP contribution in [0.3, 0.4) is 0 Å². The predicted octanol–water partition coefficient (Wildman–Crippen LogP) is 13.8. The highest BCUT2D eigenvalue weighted by Crippen LogP contribution is 2.56. The molecule has 0 N–H and O–H groups in total. The fourth-order valence-electron chi connectivity index (χ4n) is 9.29. The second-order valence-electron chi connectivity index (χ2n) is 14.5. The third-order valence-corrected chi connectivity index (χ3v) is 11.6. The van der Waals surface area contributed by atoms with E-state index in [1.165, 1.54) is 66.0 Å². The van der Waals surface area contributed by atoms with Gasteiger partial charge in [0.25, 0.3) is 0 Å². The second kappa shape index (κ2) is 12.5. The lowest BCUT2D eigenvalue weighted by molar-refractivity contribution is 0.770. The molecule has 11 rings (SSSR count). The van der Waals surface area contributed by atoms with Crippen molar-refractivity contribution >= 4 is 49.6 Å². The van der Waals surface area contributed by atoms with Crippen LogP contribution in [0.1, 0.15) is 22.3 Å². The lowest BCUT2D eigenvalue weighted by Crippen LogP contribution is -2.28. The smallest absolute Gasteiger partial charge is 0.0713 e. The molecule has 1 aliphatic rings. The Balaban J connectivity index is 1.21. The number of hydrogen-bond donors (Lipinski definition) is 0. The van der Waals surface area contributed by atoms with Crippen molar-refractivity contribution in [1.29, 1.82) is 0 Å². The first-order valence-corrected chi connectivity index (χ1v) is 19.0. The van der Waals surface area contributed by atoms with Crippen LogP contribution < -0.4 is 4.90 Å². The molecule has 0 saturated heterocycles. The third-order valence-electron chi connectivity index (χ3n) is 11.6. The Morgan fingerprint density at radius 2 is 0.873 bits per heavy atom. The van der Waals surface area contributed by atoms with Gasteiger partial charge in [0.15, 0.2) is 0 Å². The van der Waals surface area contributed by atoms with Crippen LogP contribution in [0.25, 0.3) is 49.4 Å². The van der Waals surface area contributed by atoms with Gasteiger partial charge < -0.3 is 9.47 Å². The maximum absolute atomic E-state index is 2.48. The first kappa shape index (κ1) is 31.4. The van der Waals surface area contributed by atoms with E-state index >= 15 is 0 Å². The molecule has 2 nitrogen and oxygen atoms in total. The summed E-state index contributed by atoms with van der Waals surface area (Å²) >= 11 is 0. The molecule has 1 aromatic heterocycles. The Labute approximate surface area is 320 Å². The molecule has 0 bridgehead atoms. The van der Waals surface area contributed by atoms with Crippen LogP contribution in [0.5, 0.6) is 0 Å². The highest BCUT2D eigenvalue weighted by Gasteiger charge is 2.46. The number of nitrogens with zero attached hydrogens (tertiary/aromatic N) is 2. The number of hydrogen-bond acceptors (Lipinski definition) is 1. The van der Waals surface area contributed by atoms with E-state index in [9.17, 15) is 0 Å². The highest BCUT2D eigenvalue weighted by molar-refractivity contribution is 6.11. The normalized spacial score (nSPS) is 12.9. The summed E-state index contributed by atoms with van der Waals surface area (Å²) in [6, 6.07) is 80.1. The number of rotatable bonds is 6. The summed E-state index contributed by atoms with van der Waals surface area (Å²) in [7, 11) is 0. The van der Waals surface area contributed by atoms with Crippen LogP contribution in [0.2, 0.25) is 0 Å². The minimum absolute atomic E-state index is 0.484. The van der Waals surface area contributed by atoms with E-state index in [1.54, 1.807) is 0 Å². The maximum atomic E-state index is 2.48. The number of para-hydroxylation sites is 2. The molecule has 55 heavy (non-hydrogen) atoms. The highest BCUT2D eigenvalue weighted by atomic mass is 15.1. The van der Waals surface area contributed by atoms with Crippen molar-refractivity contribution in [2.75, 3.05) is 4.90 Å². The van der Waals surface area contributed by atoms with Gasteiger partial charge in [-0.1, -0.05) is 152 Å². The molecule has 1 aliphatic carbocycles. The second-order valence-corrected chi connectivity index (χ2v) is 14.5. The minimum atomic E-state index is -0.484. The molecular formula is C53H36N2. The Kier molecular flexibility index (Phi) is 7.11. The van der Waals surface area contributed by atoms with Gasteiger partial charge in [-0.05, 0) is 111 Å². The van der Waals surface area contributed by atoms with Crippen molar-refractivity contribution in [3.63, 3.8) is 0 Å². The molecule has 0 amide bonds. The molecule has 0 aliphatic heterocycles. The van der Waals surface area contributed by atoms with E-state index < -0.39 is 5.41 Å². The fourth-order valence-corrected chi connectivity index (χ4v) is 9.29. The Hall–Kier alpha value is -7.16. The molecule has 0 saturated carbocycles. The van der Waals surface area contributed by atoms with E-state index in [-0.39, 0.29) is 0 Å². The van der Waals surface area contributed by atoms with E-state index in [0.717, 1.165) is 22.7 Å². The molecule has 10 aromatic rings. The molecule has 258 valence electrons. The summed E-state index contributed by atoms with van der Waals surface area (Å²) in [4.78, 5) is 2.39. The third kappa shape index (κ3) is 4.75. The van der Waals surface area contributed by atoms with Crippen LogP contribution in [0.4, 0.5) is 17.1 Å². The molecule has 0 atom stereocenters. The molecule has 2 heteroatoms. The average molecular weight is 701 g/mol. The lowest BCUT2D eigenvalue weighted by Gasteiger charge is -2.34. The largest absolute Gasteiger partial charge is 0.310 e. The minimum Gasteiger partial charge on any atom is -0.310 e. The summed E-state index contributed by atoms with van der Waals surface area (Å²) in [6.07, 6.45) is 0. The Morgan fingerprint density at radius 1 is 0.345 bits per heavy atom. The van der Waals surface area contributed by atoms with Crippen molar-refractivity contribution in [1.82, 2.24) is 4.57 Å². The summed E-state index contributed by atoms with van der Waals surface area (Å²) in [5.41, 5.74) is 14.1. The van der Waals surface area contributed by atoms with Gasteiger partial charge in [0.1, 0.15) is 0 Å². The van der Waals surface area contributed by atoms with Crippen LogP contribution in [0, 0.1) is 0 Å². The summed E-state index contributed by atoms with van der Waals surface area (Å²) in [6.45, 7) is 0. The van der Waals surface area contributed by atoms with E-state index in [4.69, 9.17) is 0 Å². The molecule has 0 spiro atoms. The number of fused-ring (bicyclic) bond motifs is 7.